The number of nitrogens with zero attached hydrogens (tertiary/aromatic N) is 2. The number of benzene rings is 1. The summed E-state index contributed by atoms with van der Waals surface area (Å²) in [5, 5.41) is 6.48. The highest BCUT2D eigenvalue weighted by atomic mass is 32.2. The molecule has 0 radical (unpaired) electrons. The van der Waals surface area contributed by atoms with Gasteiger partial charge in [-0.3, -0.25) is 0 Å². The third-order valence-corrected chi connectivity index (χ3v) is 5.98. The van der Waals surface area contributed by atoms with Crippen LogP contribution in [0.15, 0.2) is 23.2 Å². The van der Waals surface area contributed by atoms with Gasteiger partial charge in [-0.2, -0.15) is 0 Å². The summed E-state index contributed by atoms with van der Waals surface area (Å²) in [5.41, 5.74) is 2.19. The molecule has 0 amide bonds. The van der Waals surface area contributed by atoms with Gasteiger partial charge in [-0.05, 0) is 52.7 Å². The van der Waals surface area contributed by atoms with Gasteiger partial charge < -0.3 is 15.4 Å². The van der Waals surface area contributed by atoms with Gasteiger partial charge >= 0.3 is 0 Å². The number of sulfonamides is 1. The minimum atomic E-state index is -3.13. The summed E-state index contributed by atoms with van der Waals surface area (Å²) in [7, 11) is -1.51. The van der Waals surface area contributed by atoms with Gasteiger partial charge in [0.1, 0.15) is 5.75 Å². The van der Waals surface area contributed by atoms with Crippen molar-refractivity contribution in [3.05, 3.63) is 29.3 Å². The van der Waals surface area contributed by atoms with E-state index >= 15 is 0 Å². The first-order chi connectivity index (χ1) is 13.2. The Balaban J connectivity index is 2.68. The van der Waals surface area contributed by atoms with E-state index < -0.39 is 10.0 Å². The Bertz CT molecular complexity index is 733. The summed E-state index contributed by atoms with van der Waals surface area (Å²) in [5.74, 6) is 1.69. The molecule has 1 rings (SSSR count). The van der Waals surface area contributed by atoms with Crippen LogP contribution in [0.2, 0.25) is 0 Å². The smallest absolute Gasteiger partial charge is 0.213 e. The van der Waals surface area contributed by atoms with E-state index in [0.29, 0.717) is 32.0 Å². The van der Waals surface area contributed by atoms with Gasteiger partial charge in [0.25, 0.3) is 0 Å². The summed E-state index contributed by atoms with van der Waals surface area (Å²) in [6.45, 7) is 12.1. The van der Waals surface area contributed by atoms with Crippen LogP contribution in [0, 0.1) is 6.92 Å². The standard InChI is InChI=1S/C20H36N4O3S/c1-7-21-20(22-12-9-13-24(6)28(25,26)8-2)23-15-18-11-10-17(5)14-19(18)27-16(3)4/h10-11,14,16H,7-9,12-13,15H2,1-6H3,(H2,21,22,23). The second kappa shape index (κ2) is 11.9. The van der Waals surface area contributed by atoms with Crippen LogP contribution in [-0.2, 0) is 16.6 Å². The normalized spacial score (nSPS) is 12.5. The molecule has 0 aliphatic rings. The number of aryl methyl sites for hydroxylation is 1. The molecule has 0 saturated heterocycles. The van der Waals surface area contributed by atoms with E-state index in [-0.39, 0.29) is 11.9 Å². The Hall–Kier alpha value is -1.80. The van der Waals surface area contributed by atoms with Crippen molar-refractivity contribution in [3.8, 4) is 5.75 Å². The van der Waals surface area contributed by atoms with Gasteiger partial charge in [0.05, 0.1) is 18.4 Å². The number of ether oxygens (including phenoxy) is 1. The lowest BCUT2D eigenvalue weighted by Crippen LogP contribution is -2.39. The first kappa shape index (κ1) is 24.2. The van der Waals surface area contributed by atoms with E-state index in [2.05, 4.69) is 21.7 Å². The number of nitrogens with one attached hydrogen (secondary N) is 2. The van der Waals surface area contributed by atoms with E-state index in [0.717, 1.165) is 23.4 Å². The maximum absolute atomic E-state index is 11.8. The van der Waals surface area contributed by atoms with Crippen molar-refractivity contribution in [1.82, 2.24) is 14.9 Å². The number of rotatable bonds is 11. The second-order valence-electron chi connectivity index (χ2n) is 6.98. The Morgan fingerprint density at radius 3 is 2.57 bits per heavy atom. The maximum Gasteiger partial charge on any atom is 0.213 e. The van der Waals surface area contributed by atoms with E-state index in [1.54, 1.807) is 14.0 Å². The monoisotopic (exact) mass is 412 g/mol. The molecule has 8 heteroatoms. The van der Waals surface area contributed by atoms with Gasteiger partial charge in [-0.25, -0.2) is 17.7 Å². The average Bonchev–Trinajstić information content (AvgIpc) is 2.63. The summed E-state index contributed by atoms with van der Waals surface area (Å²) < 4.78 is 30.9. The maximum atomic E-state index is 11.8. The molecule has 0 saturated carbocycles. The van der Waals surface area contributed by atoms with Crippen LogP contribution >= 0.6 is 0 Å². The molecule has 1 aromatic carbocycles. The fraction of sp³-hybridized carbons (Fsp3) is 0.650. The lowest BCUT2D eigenvalue weighted by molar-refractivity contribution is 0.240. The van der Waals surface area contributed by atoms with Crippen LogP contribution in [0.5, 0.6) is 5.75 Å². The van der Waals surface area contributed by atoms with Crippen LogP contribution in [0.1, 0.15) is 45.2 Å². The van der Waals surface area contributed by atoms with E-state index in [4.69, 9.17) is 4.74 Å². The number of guanidine groups is 1. The highest BCUT2D eigenvalue weighted by molar-refractivity contribution is 7.89. The molecule has 0 aliphatic heterocycles. The minimum absolute atomic E-state index is 0.104. The molecule has 7 nitrogen and oxygen atoms in total. The largest absolute Gasteiger partial charge is 0.491 e. The average molecular weight is 413 g/mol. The molecule has 0 unspecified atom stereocenters. The molecule has 160 valence electrons. The molecule has 28 heavy (non-hydrogen) atoms. The fourth-order valence-electron chi connectivity index (χ4n) is 2.53. The fourth-order valence-corrected chi connectivity index (χ4v) is 3.38. The van der Waals surface area contributed by atoms with Crippen LogP contribution in [0.3, 0.4) is 0 Å². The zero-order valence-electron chi connectivity index (χ0n) is 18.1. The molecule has 0 heterocycles. The molecule has 0 aliphatic carbocycles. The molecular formula is C20H36N4O3S. The quantitative estimate of drug-likeness (QED) is 0.331. The summed E-state index contributed by atoms with van der Waals surface area (Å²) >= 11 is 0. The van der Waals surface area contributed by atoms with E-state index in [1.165, 1.54) is 4.31 Å². The summed E-state index contributed by atoms with van der Waals surface area (Å²) in [4.78, 5) is 4.65. The van der Waals surface area contributed by atoms with Crippen LogP contribution < -0.4 is 15.4 Å². The first-order valence-electron chi connectivity index (χ1n) is 9.92. The Morgan fingerprint density at radius 2 is 1.96 bits per heavy atom. The predicted octanol–water partition coefficient (Wildman–Crippen LogP) is 2.51. The molecule has 0 fully saturated rings. The van der Waals surface area contributed by atoms with Gasteiger partial charge in [-0.15, -0.1) is 0 Å². The van der Waals surface area contributed by atoms with E-state index in [1.807, 2.05) is 39.8 Å². The zero-order chi connectivity index (χ0) is 21.2. The van der Waals surface area contributed by atoms with Crippen molar-refractivity contribution < 1.29 is 13.2 Å². The molecule has 0 spiro atoms. The summed E-state index contributed by atoms with van der Waals surface area (Å²) in [6.07, 6.45) is 0.805. The number of hydrogen-bond acceptors (Lipinski definition) is 4. The van der Waals surface area contributed by atoms with Gasteiger partial charge in [0, 0.05) is 32.2 Å². The topological polar surface area (TPSA) is 83.0 Å². The van der Waals surface area contributed by atoms with Crippen molar-refractivity contribution in [3.63, 3.8) is 0 Å². The molecule has 2 N–H and O–H groups in total. The Kier molecular flexibility index (Phi) is 10.3. The minimum Gasteiger partial charge on any atom is -0.491 e. The lowest BCUT2D eigenvalue weighted by atomic mass is 10.1. The van der Waals surface area contributed by atoms with Crippen LogP contribution in [-0.4, -0.2) is 57.2 Å². The van der Waals surface area contributed by atoms with Gasteiger partial charge in [-0.1, -0.05) is 12.1 Å². The van der Waals surface area contributed by atoms with Crippen LogP contribution in [0.4, 0.5) is 0 Å². The highest BCUT2D eigenvalue weighted by Crippen LogP contribution is 2.22. The summed E-state index contributed by atoms with van der Waals surface area (Å²) in [6, 6.07) is 6.14. The second-order valence-corrected chi connectivity index (χ2v) is 9.34. The molecule has 1 aromatic rings. The third-order valence-electron chi connectivity index (χ3n) is 4.12. The highest BCUT2D eigenvalue weighted by Gasteiger charge is 2.14. The molecule has 0 atom stereocenters. The number of hydrogen-bond donors (Lipinski definition) is 2. The van der Waals surface area contributed by atoms with Crippen molar-refractivity contribution in [2.75, 3.05) is 32.4 Å². The van der Waals surface area contributed by atoms with Crippen molar-refractivity contribution in [1.29, 1.82) is 0 Å². The van der Waals surface area contributed by atoms with Crippen LogP contribution in [0.25, 0.3) is 0 Å². The lowest BCUT2D eigenvalue weighted by Gasteiger charge is -2.17. The third kappa shape index (κ3) is 8.48. The van der Waals surface area contributed by atoms with Crippen molar-refractivity contribution in [2.24, 2.45) is 4.99 Å². The predicted molar refractivity (Wildman–Crippen MR) is 116 cm³/mol. The SMILES string of the molecule is CCNC(=NCc1ccc(C)cc1OC(C)C)NCCCN(C)S(=O)(=O)CC. The molecule has 0 bridgehead atoms. The first-order valence-corrected chi connectivity index (χ1v) is 11.5. The van der Waals surface area contributed by atoms with Crippen molar-refractivity contribution in [2.45, 2.75) is 53.7 Å². The van der Waals surface area contributed by atoms with Gasteiger partial charge in [0.2, 0.25) is 10.0 Å². The number of aliphatic imine (C=N–C) groups is 1. The van der Waals surface area contributed by atoms with Gasteiger partial charge in [0.15, 0.2) is 5.96 Å². The molecule has 0 aromatic heterocycles. The van der Waals surface area contributed by atoms with Crippen molar-refractivity contribution >= 4 is 16.0 Å². The zero-order valence-corrected chi connectivity index (χ0v) is 18.9. The molecular weight excluding hydrogens is 376 g/mol. The Labute approximate surface area is 170 Å². The Morgan fingerprint density at radius 1 is 1.25 bits per heavy atom. The van der Waals surface area contributed by atoms with E-state index in [9.17, 15) is 8.42 Å².